The predicted octanol–water partition coefficient (Wildman–Crippen LogP) is 2.63. The fraction of sp³-hybridized carbons (Fsp3) is 0.724. The maximum absolute atomic E-state index is 6.70. The molecule has 1 nitrogen and oxygen atoms in total. The Kier molecular flexibility index (Phi) is 13.9. The van der Waals surface area contributed by atoms with Crippen molar-refractivity contribution in [3.05, 3.63) is 47.6 Å². The molecule has 0 bridgehead atoms. The summed E-state index contributed by atoms with van der Waals surface area (Å²) in [7, 11) is -1.47. The summed E-state index contributed by atoms with van der Waals surface area (Å²) >= 11 is 0. The molecular formula is C29H46Cl2OSiZr. The van der Waals surface area contributed by atoms with Crippen LogP contribution in [0.15, 0.2) is 47.6 Å². The number of fused-ring (bicyclic) bond motifs is 2. The van der Waals surface area contributed by atoms with Gasteiger partial charge in [-0.3, -0.25) is 0 Å². The van der Waals surface area contributed by atoms with E-state index < -0.39 is 8.32 Å². The number of rotatable bonds is 10. The smallest absolute Gasteiger partial charge is 1.00 e. The van der Waals surface area contributed by atoms with Gasteiger partial charge in [0.25, 0.3) is 0 Å². The molecule has 0 N–H and O–H groups in total. The van der Waals surface area contributed by atoms with Crippen LogP contribution < -0.4 is 24.8 Å². The molecule has 190 valence electrons. The summed E-state index contributed by atoms with van der Waals surface area (Å²) in [6.07, 6.45) is 25.2. The van der Waals surface area contributed by atoms with Crippen molar-refractivity contribution in [1.29, 1.82) is 0 Å². The molecule has 4 atom stereocenters. The molecule has 0 radical (unpaired) electrons. The van der Waals surface area contributed by atoms with Gasteiger partial charge in [0.05, 0.1) is 0 Å². The van der Waals surface area contributed by atoms with Gasteiger partial charge in [-0.2, -0.15) is 0 Å². The van der Waals surface area contributed by atoms with Crippen molar-refractivity contribution >= 4 is 8.32 Å². The van der Waals surface area contributed by atoms with E-state index in [9.17, 15) is 0 Å². The average molecular weight is 601 g/mol. The van der Waals surface area contributed by atoms with E-state index in [-0.39, 0.29) is 51.0 Å². The number of allylic oxidation sites excluding steroid dienone is 8. The Labute approximate surface area is 242 Å². The van der Waals surface area contributed by atoms with Crippen molar-refractivity contribution in [1.82, 2.24) is 0 Å². The Bertz CT molecular complexity index is 701. The van der Waals surface area contributed by atoms with E-state index in [1.54, 1.807) is 11.1 Å². The van der Waals surface area contributed by atoms with Crippen LogP contribution in [0.25, 0.3) is 0 Å². The Morgan fingerprint density at radius 1 is 0.824 bits per heavy atom. The molecule has 0 heterocycles. The summed E-state index contributed by atoms with van der Waals surface area (Å²) in [4.78, 5) is 0. The van der Waals surface area contributed by atoms with Crippen LogP contribution in [0.2, 0.25) is 18.1 Å². The Hall–Kier alpha value is 0.600. The van der Waals surface area contributed by atoms with Crippen LogP contribution in [0.5, 0.6) is 0 Å². The molecule has 0 amide bonds. The second kappa shape index (κ2) is 14.5. The van der Waals surface area contributed by atoms with Crippen LogP contribution in [-0.4, -0.2) is 14.9 Å². The quantitative estimate of drug-likeness (QED) is 0.277. The Morgan fingerprint density at radius 3 is 1.74 bits per heavy atom. The third-order valence-corrected chi connectivity index (χ3v) is 14.5. The molecule has 34 heavy (non-hydrogen) atoms. The van der Waals surface area contributed by atoms with E-state index in [1.807, 2.05) is 0 Å². The van der Waals surface area contributed by atoms with Crippen LogP contribution in [0.3, 0.4) is 0 Å². The van der Waals surface area contributed by atoms with Crippen LogP contribution in [0, 0.1) is 29.1 Å². The normalized spacial score (nSPS) is 28.9. The number of hydrogen-bond donors (Lipinski definition) is 0. The van der Waals surface area contributed by atoms with E-state index in [0.29, 0.717) is 5.41 Å². The van der Waals surface area contributed by atoms with Crippen molar-refractivity contribution < 1.29 is 55.4 Å². The van der Waals surface area contributed by atoms with Gasteiger partial charge in [-0.1, -0.05) is 75.3 Å². The van der Waals surface area contributed by atoms with Crippen LogP contribution in [0.4, 0.5) is 0 Å². The SMILES string of the molecule is CC[Si](CC)(CC)OCCCC(C)(C1CCC2CC=CC=C21)C1CCC2CC=CC=C21.[Cl-].[Cl-].[Zr+2]. The van der Waals surface area contributed by atoms with E-state index >= 15 is 0 Å². The topological polar surface area (TPSA) is 9.23 Å². The van der Waals surface area contributed by atoms with Gasteiger partial charge in [0.15, 0.2) is 8.32 Å². The van der Waals surface area contributed by atoms with Gasteiger partial charge in [0.2, 0.25) is 0 Å². The molecule has 0 aromatic carbocycles. The fourth-order valence-corrected chi connectivity index (χ4v) is 10.3. The van der Waals surface area contributed by atoms with Gasteiger partial charge in [-0.25, -0.2) is 0 Å². The zero-order valence-electron chi connectivity index (χ0n) is 21.9. The Balaban J connectivity index is 0.00000193. The van der Waals surface area contributed by atoms with Crippen LogP contribution in [0.1, 0.15) is 79.1 Å². The molecule has 0 aliphatic heterocycles. The minimum Gasteiger partial charge on any atom is -1.00 e. The molecule has 2 saturated carbocycles. The minimum atomic E-state index is -1.47. The van der Waals surface area contributed by atoms with Crippen LogP contribution in [-0.2, 0) is 30.6 Å². The van der Waals surface area contributed by atoms with Gasteiger partial charge in [0, 0.05) is 6.61 Å². The first-order chi connectivity index (χ1) is 15.1. The molecule has 4 aliphatic carbocycles. The molecule has 2 fully saturated rings. The van der Waals surface area contributed by atoms with Gasteiger partial charge in [-0.15, -0.1) is 0 Å². The molecule has 4 aliphatic rings. The number of halogens is 2. The van der Waals surface area contributed by atoms with Crippen molar-refractivity contribution in [2.75, 3.05) is 6.61 Å². The average Bonchev–Trinajstić information content (AvgIpc) is 3.45. The van der Waals surface area contributed by atoms with Crippen molar-refractivity contribution in [2.24, 2.45) is 29.1 Å². The second-order valence-electron chi connectivity index (χ2n) is 11.0. The van der Waals surface area contributed by atoms with E-state index in [4.69, 9.17) is 4.43 Å². The molecule has 5 heteroatoms. The molecule has 4 rings (SSSR count). The molecule has 4 unspecified atom stereocenters. The van der Waals surface area contributed by atoms with Crippen molar-refractivity contribution in [3.63, 3.8) is 0 Å². The molecule has 0 aromatic heterocycles. The molecule has 0 spiro atoms. The summed E-state index contributed by atoms with van der Waals surface area (Å²) < 4.78 is 6.70. The summed E-state index contributed by atoms with van der Waals surface area (Å²) in [6, 6.07) is 3.80. The third-order valence-electron chi connectivity index (χ3n) is 9.84. The summed E-state index contributed by atoms with van der Waals surface area (Å²) in [5.74, 6) is 3.18. The Morgan fingerprint density at radius 2 is 1.29 bits per heavy atom. The monoisotopic (exact) mass is 598 g/mol. The standard InChI is InChI=1S/C29H46OSi.2ClH.Zr/c1-5-31(6-2,7-3)30-22-12-21-29(4,27-19-17-23-13-8-10-15-25(23)27)28-20-18-24-14-9-11-16-26(24)28;;;/h8-11,15-16,23-24,27-28H,5-7,12-14,17-22H2,1-4H3;2*1H;/q;;;+2/p-2. The maximum atomic E-state index is 6.70. The third kappa shape index (κ3) is 6.53. The zero-order chi connectivity index (χ0) is 21.9. The molecule has 0 saturated heterocycles. The summed E-state index contributed by atoms with van der Waals surface area (Å²) in [6.45, 7) is 10.7. The second-order valence-corrected chi connectivity index (χ2v) is 15.8. The summed E-state index contributed by atoms with van der Waals surface area (Å²) in [5.41, 5.74) is 3.97. The van der Waals surface area contributed by atoms with Gasteiger partial charge in [-0.05, 0) is 98.6 Å². The van der Waals surface area contributed by atoms with Gasteiger partial charge >= 0.3 is 26.2 Å². The van der Waals surface area contributed by atoms with E-state index in [2.05, 4.69) is 64.2 Å². The fourth-order valence-electron chi connectivity index (χ4n) is 7.64. The maximum Gasteiger partial charge on any atom is 2.00 e. The molecular weight excluding hydrogens is 555 g/mol. The predicted molar refractivity (Wildman–Crippen MR) is 137 cm³/mol. The van der Waals surface area contributed by atoms with Crippen molar-refractivity contribution in [2.45, 2.75) is 97.2 Å². The minimum absolute atomic E-state index is 0. The number of hydrogen-bond acceptors (Lipinski definition) is 1. The van der Waals surface area contributed by atoms with E-state index in [1.165, 1.54) is 69.5 Å². The first kappa shape index (κ1) is 32.6. The first-order valence-electron chi connectivity index (χ1n) is 13.4. The summed E-state index contributed by atoms with van der Waals surface area (Å²) in [5, 5.41) is 0. The van der Waals surface area contributed by atoms with Gasteiger partial charge < -0.3 is 29.2 Å². The first-order valence-corrected chi connectivity index (χ1v) is 16.0. The van der Waals surface area contributed by atoms with E-state index in [0.717, 1.165) is 30.3 Å². The zero-order valence-corrected chi connectivity index (χ0v) is 26.9. The molecule has 0 aromatic rings. The van der Waals surface area contributed by atoms with Crippen molar-refractivity contribution in [3.8, 4) is 0 Å². The largest absolute Gasteiger partial charge is 2.00 e. The van der Waals surface area contributed by atoms with Crippen LogP contribution >= 0.6 is 0 Å². The van der Waals surface area contributed by atoms with Gasteiger partial charge in [0.1, 0.15) is 0 Å².